The quantitative estimate of drug-likeness (QED) is 0.0798. The van der Waals surface area contributed by atoms with Gasteiger partial charge in [-0.3, -0.25) is 19.4 Å². The number of benzene rings is 4. The number of carbonyl (C=O) groups is 2. The van der Waals surface area contributed by atoms with E-state index < -0.39 is 11.6 Å². The number of carbonyl (C=O) groups excluding carboxylic acids is 2. The van der Waals surface area contributed by atoms with Crippen LogP contribution in [-0.4, -0.2) is 21.5 Å². The van der Waals surface area contributed by atoms with Crippen LogP contribution in [0.4, 0.5) is 23.0 Å². The lowest BCUT2D eigenvalue weighted by Gasteiger charge is -2.29. The molecule has 0 radical (unpaired) electrons. The van der Waals surface area contributed by atoms with Crippen molar-refractivity contribution in [1.29, 1.82) is 0 Å². The van der Waals surface area contributed by atoms with E-state index in [1.807, 2.05) is 25.1 Å². The zero-order valence-electron chi connectivity index (χ0n) is 27.8. The summed E-state index contributed by atoms with van der Waals surface area (Å²) in [6, 6.07) is 14.5. The smallest absolute Gasteiger partial charge is 0.199 e. The number of hydrogen-bond acceptors (Lipinski definition) is 6. The average Bonchev–Trinajstić information content (AvgIpc) is 3.45. The molecule has 0 saturated carbocycles. The summed E-state index contributed by atoms with van der Waals surface area (Å²) in [7, 11) is 0. The van der Waals surface area contributed by atoms with Crippen LogP contribution in [0.25, 0.3) is 11.0 Å². The van der Waals surface area contributed by atoms with Gasteiger partial charge in [-0.1, -0.05) is 87.9 Å². The van der Waals surface area contributed by atoms with Crippen LogP contribution in [0.1, 0.15) is 59.7 Å². The molecule has 49 heavy (non-hydrogen) atoms. The SMILES string of the molecule is Cc1cc(C)c(N2/C(=C/C=C3C(=O)c4c(Cl)c(Cl)c(Cl)c(Cl)c4C3=O)N(c3c(C)cc(C)cc3C)c3nc4cc(C)ccc4nc32)c(C)c1. The van der Waals surface area contributed by atoms with Crippen LogP contribution in [0.15, 0.2) is 66.0 Å². The van der Waals surface area contributed by atoms with Crippen LogP contribution in [0.5, 0.6) is 0 Å². The zero-order chi connectivity index (χ0) is 35.2. The zero-order valence-corrected chi connectivity index (χ0v) is 30.8. The van der Waals surface area contributed by atoms with Crippen molar-refractivity contribution in [3.05, 3.63) is 136 Å². The van der Waals surface area contributed by atoms with Gasteiger partial charge in [0.1, 0.15) is 5.82 Å². The molecule has 0 spiro atoms. The third kappa shape index (κ3) is 5.16. The fourth-order valence-electron chi connectivity index (χ4n) is 7.14. The summed E-state index contributed by atoms with van der Waals surface area (Å²) in [5.41, 5.74) is 10.5. The molecule has 10 heteroatoms. The van der Waals surface area contributed by atoms with E-state index in [0.29, 0.717) is 17.5 Å². The first-order valence-electron chi connectivity index (χ1n) is 15.6. The minimum absolute atomic E-state index is 0.0560. The highest BCUT2D eigenvalue weighted by molar-refractivity contribution is 6.57. The lowest BCUT2D eigenvalue weighted by atomic mass is 10.0. The molecule has 2 heterocycles. The summed E-state index contributed by atoms with van der Waals surface area (Å²) in [5.74, 6) is 0.698. The van der Waals surface area contributed by atoms with Gasteiger partial charge in [-0.25, -0.2) is 9.97 Å². The summed E-state index contributed by atoms with van der Waals surface area (Å²) in [5, 5.41) is -0.369. The fraction of sp³-hybridized carbons (Fsp3) is 0.179. The number of aromatic nitrogens is 2. The van der Waals surface area contributed by atoms with E-state index in [4.69, 9.17) is 56.4 Å². The molecule has 2 aliphatic rings. The van der Waals surface area contributed by atoms with Crippen molar-refractivity contribution in [1.82, 2.24) is 9.97 Å². The van der Waals surface area contributed by atoms with Crippen molar-refractivity contribution < 1.29 is 9.59 Å². The number of halogens is 4. The van der Waals surface area contributed by atoms with Crippen molar-refractivity contribution in [2.75, 3.05) is 9.80 Å². The summed E-state index contributed by atoms with van der Waals surface area (Å²) in [6.45, 7) is 14.4. The molecule has 246 valence electrons. The number of ketones is 2. The Morgan fingerprint density at radius 3 is 1.41 bits per heavy atom. The fourth-order valence-corrected chi connectivity index (χ4v) is 8.17. The topological polar surface area (TPSA) is 66.4 Å². The molecule has 1 aromatic heterocycles. The second-order valence-electron chi connectivity index (χ2n) is 12.8. The lowest BCUT2D eigenvalue weighted by Crippen LogP contribution is -2.24. The van der Waals surface area contributed by atoms with Gasteiger partial charge in [0.25, 0.3) is 0 Å². The highest BCUT2D eigenvalue weighted by Crippen LogP contribution is 2.52. The first-order chi connectivity index (χ1) is 23.2. The maximum atomic E-state index is 13.8. The molecule has 0 bridgehead atoms. The predicted molar refractivity (Wildman–Crippen MR) is 201 cm³/mol. The van der Waals surface area contributed by atoms with E-state index in [-0.39, 0.29) is 36.8 Å². The van der Waals surface area contributed by atoms with Gasteiger partial charge in [0.15, 0.2) is 23.2 Å². The van der Waals surface area contributed by atoms with Crippen molar-refractivity contribution in [2.24, 2.45) is 0 Å². The number of anilines is 4. The van der Waals surface area contributed by atoms with Gasteiger partial charge in [0.2, 0.25) is 0 Å². The summed E-state index contributed by atoms with van der Waals surface area (Å²) in [6.07, 6.45) is 3.28. The maximum absolute atomic E-state index is 13.8. The largest absolute Gasteiger partial charge is 0.288 e. The molecule has 0 amide bonds. The van der Waals surface area contributed by atoms with Crippen LogP contribution in [-0.2, 0) is 0 Å². The van der Waals surface area contributed by atoms with Crippen LogP contribution < -0.4 is 9.80 Å². The molecule has 0 unspecified atom stereocenters. The highest BCUT2D eigenvalue weighted by atomic mass is 35.5. The molecule has 5 aromatic rings. The van der Waals surface area contributed by atoms with E-state index in [0.717, 1.165) is 61.4 Å². The van der Waals surface area contributed by atoms with Crippen LogP contribution in [0, 0.1) is 48.5 Å². The maximum Gasteiger partial charge on any atom is 0.199 e. The summed E-state index contributed by atoms with van der Waals surface area (Å²) in [4.78, 5) is 42.2. The minimum atomic E-state index is -0.584. The summed E-state index contributed by atoms with van der Waals surface area (Å²) >= 11 is 25.5. The van der Waals surface area contributed by atoms with Crippen molar-refractivity contribution in [3.63, 3.8) is 0 Å². The van der Waals surface area contributed by atoms with Crippen LogP contribution >= 0.6 is 46.4 Å². The predicted octanol–water partition coefficient (Wildman–Crippen LogP) is 11.5. The average molecular weight is 729 g/mol. The summed E-state index contributed by atoms with van der Waals surface area (Å²) < 4.78 is 0. The molecular formula is C39H30Cl4N4O2. The van der Waals surface area contributed by atoms with Crippen LogP contribution in [0.3, 0.4) is 0 Å². The first-order valence-corrected chi connectivity index (χ1v) is 17.1. The molecule has 1 aliphatic heterocycles. The number of hydrogen-bond donors (Lipinski definition) is 0. The molecule has 6 nitrogen and oxygen atoms in total. The minimum Gasteiger partial charge on any atom is -0.288 e. The molecule has 0 atom stereocenters. The second kappa shape index (κ2) is 12.0. The van der Waals surface area contributed by atoms with Crippen molar-refractivity contribution in [2.45, 2.75) is 48.5 Å². The lowest BCUT2D eigenvalue weighted by molar-refractivity contribution is 0.0989. The van der Waals surface area contributed by atoms with Gasteiger partial charge in [0, 0.05) is 0 Å². The Bertz CT molecular complexity index is 2320. The number of Topliss-reactive ketones (excluding diaryl/α,β-unsaturated/α-hetero) is 2. The van der Waals surface area contributed by atoms with Crippen molar-refractivity contribution >= 4 is 92.0 Å². The standard InChI is InChI=1S/C39H30Cl4N4O2/c1-17-8-10-25-26(16-17)45-39-38(44-25)46(34-20(4)12-18(2)13-21(34)5)27(47(39)35-22(6)14-19(3)15-23(35)7)11-9-24-36(48)28-29(37(24)49)31(41)33(43)32(42)30(28)40/h8-16H,1-7H3/b27-11-. The Morgan fingerprint density at radius 2 is 0.959 bits per heavy atom. The van der Waals surface area contributed by atoms with Gasteiger partial charge in [-0.05, 0) is 101 Å². The van der Waals surface area contributed by atoms with Crippen molar-refractivity contribution in [3.8, 4) is 0 Å². The van der Waals surface area contributed by atoms with E-state index >= 15 is 0 Å². The second-order valence-corrected chi connectivity index (χ2v) is 14.3. The number of fused-ring (bicyclic) bond motifs is 3. The molecule has 4 aromatic carbocycles. The van der Waals surface area contributed by atoms with Gasteiger partial charge in [-0.15, -0.1) is 0 Å². The van der Waals surface area contributed by atoms with E-state index in [1.54, 1.807) is 6.08 Å². The Labute approximate surface area is 304 Å². The molecular weight excluding hydrogens is 698 g/mol. The Hall–Kier alpha value is -4.20. The monoisotopic (exact) mass is 726 g/mol. The molecule has 7 rings (SSSR count). The van der Waals surface area contributed by atoms with E-state index in [2.05, 4.69) is 75.6 Å². The molecule has 0 N–H and O–H groups in total. The third-order valence-electron chi connectivity index (χ3n) is 8.99. The van der Waals surface area contributed by atoms with E-state index in [9.17, 15) is 9.59 Å². The van der Waals surface area contributed by atoms with Crippen LogP contribution in [0.2, 0.25) is 20.1 Å². The Morgan fingerprint density at radius 1 is 0.531 bits per heavy atom. The Kier molecular flexibility index (Phi) is 8.15. The Balaban J connectivity index is 1.56. The number of aryl methyl sites for hydroxylation is 7. The highest BCUT2D eigenvalue weighted by Gasteiger charge is 2.42. The molecule has 0 saturated heterocycles. The van der Waals surface area contributed by atoms with Gasteiger partial charge in [0.05, 0.1) is 59.2 Å². The van der Waals surface area contributed by atoms with Gasteiger partial charge >= 0.3 is 0 Å². The first kappa shape index (κ1) is 33.3. The number of rotatable bonds is 3. The molecule has 0 fully saturated rings. The number of nitrogens with zero attached hydrogens (tertiary/aromatic N) is 4. The normalized spacial score (nSPS) is 14.8. The molecule has 1 aliphatic carbocycles. The van der Waals surface area contributed by atoms with Gasteiger partial charge in [-0.2, -0.15) is 0 Å². The van der Waals surface area contributed by atoms with E-state index in [1.165, 1.54) is 6.08 Å². The number of allylic oxidation sites excluding steroid dienone is 3. The third-order valence-corrected chi connectivity index (χ3v) is 10.8. The van der Waals surface area contributed by atoms with Gasteiger partial charge < -0.3 is 0 Å².